The molecule has 1 amide bonds. The van der Waals surface area contributed by atoms with Crippen LogP contribution in [0.2, 0.25) is 0 Å². The second kappa shape index (κ2) is 11.7. The van der Waals surface area contributed by atoms with Crippen LogP contribution in [0.5, 0.6) is 11.5 Å². The van der Waals surface area contributed by atoms with Crippen LogP contribution in [0.4, 0.5) is 5.69 Å². The predicted octanol–water partition coefficient (Wildman–Crippen LogP) is 5.44. The number of hydrogen-bond acceptors (Lipinski definition) is 4. The maximum absolute atomic E-state index is 12.5. The van der Waals surface area contributed by atoms with Gasteiger partial charge in [0.15, 0.2) is 5.11 Å². The number of amides is 1. The minimum atomic E-state index is -0.292. The number of aryl methyl sites for hydroxylation is 1. The molecule has 0 heterocycles. The summed E-state index contributed by atoms with van der Waals surface area (Å²) >= 11 is 7.45. The van der Waals surface area contributed by atoms with Gasteiger partial charge in [0.1, 0.15) is 11.5 Å². The lowest BCUT2D eigenvalue weighted by Crippen LogP contribution is -2.34. The van der Waals surface area contributed by atoms with E-state index in [0.717, 1.165) is 22.2 Å². The summed E-state index contributed by atoms with van der Waals surface area (Å²) in [7, 11) is 1.59. The summed E-state index contributed by atoms with van der Waals surface area (Å²) < 4.78 is 12.0. The van der Waals surface area contributed by atoms with Crippen molar-refractivity contribution in [1.82, 2.24) is 5.32 Å². The van der Waals surface area contributed by atoms with E-state index in [2.05, 4.69) is 45.4 Å². The fraction of sp³-hybridized carbons (Fsp3) is 0.167. The highest BCUT2D eigenvalue weighted by molar-refractivity contribution is 14.1. The van der Waals surface area contributed by atoms with E-state index in [4.69, 9.17) is 21.7 Å². The highest BCUT2D eigenvalue weighted by Crippen LogP contribution is 2.24. The fourth-order valence-corrected chi connectivity index (χ4v) is 3.87. The zero-order valence-corrected chi connectivity index (χ0v) is 20.0. The number of ether oxygens (including phenoxy) is 2. The summed E-state index contributed by atoms with van der Waals surface area (Å²) in [6.45, 7) is 0.580. The second-order valence-electron chi connectivity index (χ2n) is 6.69. The van der Waals surface area contributed by atoms with Crippen LogP contribution in [0.15, 0.2) is 72.8 Å². The van der Waals surface area contributed by atoms with Crippen LogP contribution in [0.3, 0.4) is 0 Å². The minimum absolute atomic E-state index is 0.205. The number of rotatable bonds is 8. The van der Waals surface area contributed by atoms with Gasteiger partial charge in [0.2, 0.25) is 0 Å². The van der Waals surface area contributed by atoms with Gasteiger partial charge in [-0.2, -0.15) is 0 Å². The number of halogens is 1. The van der Waals surface area contributed by atoms with Crippen LogP contribution in [0, 0.1) is 3.57 Å². The van der Waals surface area contributed by atoms with Crippen molar-refractivity contribution < 1.29 is 14.3 Å². The molecule has 0 aliphatic carbocycles. The van der Waals surface area contributed by atoms with Crippen molar-refractivity contribution in [3.63, 3.8) is 0 Å². The molecule has 5 nitrogen and oxygen atoms in total. The Morgan fingerprint density at radius 1 is 1.00 bits per heavy atom. The van der Waals surface area contributed by atoms with Crippen LogP contribution in [-0.2, 0) is 6.42 Å². The molecule has 0 spiro atoms. The number of thiocarbonyl (C=S) groups is 1. The van der Waals surface area contributed by atoms with Crippen molar-refractivity contribution in [1.29, 1.82) is 0 Å². The Morgan fingerprint density at radius 2 is 1.74 bits per heavy atom. The molecule has 0 radical (unpaired) electrons. The molecule has 0 atom stereocenters. The smallest absolute Gasteiger partial charge is 0.257 e. The molecule has 3 aromatic carbocycles. The highest BCUT2D eigenvalue weighted by Gasteiger charge is 2.12. The number of para-hydroxylation sites is 2. The normalized spacial score (nSPS) is 10.3. The Balaban J connectivity index is 1.54. The van der Waals surface area contributed by atoms with Crippen LogP contribution >= 0.6 is 34.8 Å². The van der Waals surface area contributed by atoms with Gasteiger partial charge in [-0.3, -0.25) is 10.1 Å². The molecule has 0 unspecified atom stereocenters. The first-order valence-electron chi connectivity index (χ1n) is 9.78. The number of benzene rings is 3. The molecule has 3 rings (SSSR count). The van der Waals surface area contributed by atoms with Crippen molar-refractivity contribution in [3.8, 4) is 11.5 Å². The Hall–Kier alpha value is -2.65. The van der Waals surface area contributed by atoms with Gasteiger partial charge in [-0.25, -0.2) is 0 Å². The molecule has 160 valence electrons. The van der Waals surface area contributed by atoms with Crippen molar-refractivity contribution in [2.75, 3.05) is 19.0 Å². The Kier molecular flexibility index (Phi) is 8.66. The molecule has 31 heavy (non-hydrogen) atoms. The van der Waals surface area contributed by atoms with Crippen molar-refractivity contribution in [3.05, 3.63) is 87.5 Å². The van der Waals surface area contributed by atoms with Gasteiger partial charge in [-0.05, 0) is 83.5 Å². The third-order valence-corrected chi connectivity index (χ3v) is 5.53. The van der Waals surface area contributed by atoms with E-state index in [-0.39, 0.29) is 11.0 Å². The second-order valence-corrected chi connectivity index (χ2v) is 8.26. The van der Waals surface area contributed by atoms with Gasteiger partial charge in [-0.15, -0.1) is 0 Å². The number of methoxy groups -OCH3 is 1. The monoisotopic (exact) mass is 546 g/mol. The van der Waals surface area contributed by atoms with E-state index in [1.165, 1.54) is 5.56 Å². The standard InChI is InChI=1S/C24H23IN2O3S/c1-29-21-14-13-18(16-19(21)25)23(28)27-24(31)26-20-11-5-6-12-22(20)30-15-7-10-17-8-3-2-4-9-17/h2-6,8-9,11-14,16H,7,10,15H2,1H3,(H2,26,27,28,31). The van der Waals surface area contributed by atoms with E-state index < -0.39 is 0 Å². The third kappa shape index (κ3) is 6.93. The summed E-state index contributed by atoms with van der Waals surface area (Å²) in [5.74, 6) is 1.11. The summed E-state index contributed by atoms with van der Waals surface area (Å²) in [5.41, 5.74) is 2.49. The molecular formula is C24H23IN2O3S. The van der Waals surface area contributed by atoms with E-state index in [1.807, 2.05) is 42.5 Å². The van der Waals surface area contributed by atoms with E-state index in [1.54, 1.807) is 25.3 Å². The average molecular weight is 546 g/mol. The number of carbonyl (C=O) groups is 1. The van der Waals surface area contributed by atoms with E-state index in [0.29, 0.717) is 23.6 Å². The molecule has 0 fully saturated rings. The molecule has 0 aromatic heterocycles. The SMILES string of the molecule is COc1ccc(C(=O)NC(=S)Nc2ccccc2OCCCc2ccccc2)cc1I. The predicted molar refractivity (Wildman–Crippen MR) is 136 cm³/mol. The first kappa shape index (κ1) is 23.0. The average Bonchev–Trinajstić information content (AvgIpc) is 2.78. The first-order chi connectivity index (χ1) is 15.1. The zero-order valence-electron chi connectivity index (χ0n) is 17.1. The Labute approximate surface area is 201 Å². The molecule has 0 saturated carbocycles. The maximum Gasteiger partial charge on any atom is 0.257 e. The fourth-order valence-electron chi connectivity index (χ4n) is 2.94. The number of anilines is 1. The summed E-state index contributed by atoms with van der Waals surface area (Å²) in [4.78, 5) is 12.5. The molecule has 0 saturated heterocycles. The van der Waals surface area contributed by atoms with Gasteiger partial charge in [0.25, 0.3) is 5.91 Å². The summed E-state index contributed by atoms with van der Waals surface area (Å²) in [5, 5.41) is 5.97. The number of hydrogen-bond donors (Lipinski definition) is 2. The van der Waals surface area contributed by atoms with E-state index in [9.17, 15) is 4.79 Å². The van der Waals surface area contributed by atoms with Crippen LogP contribution in [0.1, 0.15) is 22.3 Å². The lowest BCUT2D eigenvalue weighted by molar-refractivity contribution is 0.0977. The maximum atomic E-state index is 12.5. The van der Waals surface area contributed by atoms with Crippen molar-refractivity contribution >= 4 is 51.5 Å². The van der Waals surface area contributed by atoms with Gasteiger partial charge in [0, 0.05) is 5.56 Å². The lowest BCUT2D eigenvalue weighted by Gasteiger charge is -2.14. The zero-order chi connectivity index (χ0) is 22.1. The van der Waals surface area contributed by atoms with Crippen molar-refractivity contribution in [2.24, 2.45) is 0 Å². The number of nitrogens with one attached hydrogen (secondary N) is 2. The van der Waals surface area contributed by atoms with Crippen LogP contribution < -0.4 is 20.1 Å². The molecular weight excluding hydrogens is 523 g/mol. The van der Waals surface area contributed by atoms with Crippen molar-refractivity contribution in [2.45, 2.75) is 12.8 Å². The van der Waals surface area contributed by atoms with E-state index >= 15 is 0 Å². The molecule has 0 bridgehead atoms. The Morgan fingerprint density at radius 3 is 2.48 bits per heavy atom. The molecule has 2 N–H and O–H groups in total. The highest BCUT2D eigenvalue weighted by atomic mass is 127. The van der Waals surface area contributed by atoms with Crippen LogP contribution in [0.25, 0.3) is 0 Å². The third-order valence-electron chi connectivity index (χ3n) is 4.49. The largest absolute Gasteiger partial charge is 0.496 e. The topological polar surface area (TPSA) is 59.6 Å². The first-order valence-corrected chi connectivity index (χ1v) is 11.3. The molecule has 7 heteroatoms. The van der Waals surface area contributed by atoms with Gasteiger partial charge in [0.05, 0.1) is 23.0 Å². The summed E-state index contributed by atoms with van der Waals surface area (Å²) in [6.07, 6.45) is 1.85. The Bertz CT molecular complexity index is 1040. The molecule has 0 aliphatic rings. The summed E-state index contributed by atoms with van der Waals surface area (Å²) in [6, 6.07) is 23.0. The van der Waals surface area contributed by atoms with Gasteiger partial charge >= 0.3 is 0 Å². The quantitative estimate of drug-likeness (QED) is 0.224. The van der Waals surface area contributed by atoms with Gasteiger partial charge < -0.3 is 14.8 Å². The minimum Gasteiger partial charge on any atom is -0.496 e. The molecule has 0 aliphatic heterocycles. The van der Waals surface area contributed by atoms with Gasteiger partial charge in [-0.1, -0.05) is 42.5 Å². The molecule has 3 aromatic rings. The lowest BCUT2D eigenvalue weighted by atomic mass is 10.1. The number of carbonyl (C=O) groups excluding carboxylic acids is 1. The van der Waals surface area contributed by atoms with Crippen LogP contribution in [-0.4, -0.2) is 24.7 Å².